The number of nitrogens with one attached hydrogen (secondary N) is 3. The first-order chi connectivity index (χ1) is 18.3. The molecular weight excluding hydrogens is 504 g/mol. The predicted molar refractivity (Wildman–Crippen MR) is 148 cm³/mol. The minimum atomic E-state index is -4.09. The first kappa shape index (κ1) is 25.6. The minimum Gasteiger partial charge on any atom is -0.397 e. The van der Waals surface area contributed by atoms with Gasteiger partial charge in [0.25, 0.3) is 15.9 Å². The van der Waals surface area contributed by atoms with Crippen LogP contribution in [0.15, 0.2) is 71.6 Å². The van der Waals surface area contributed by atoms with E-state index in [1.54, 1.807) is 66.7 Å². The maximum atomic E-state index is 13.4. The third-order valence-corrected chi connectivity index (χ3v) is 8.49. The maximum Gasteiger partial charge on any atom is 0.336 e. The smallest absolute Gasteiger partial charge is 0.336 e. The Morgan fingerprint density at radius 1 is 1.00 bits per heavy atom. The fourth-order valence-electron chi connectivity index (χ4n) is 4.61. The monoisotopic (exact) mass is 534 g/mol. The average Bonchev–Trinajstić information content (AvgIpc) is 3.42. The number of anilines is 4. The molecule has 38 heavy (non-hydrogen) atoms. The van der Waals surface area contributed by atoms with Gasteiger partial charge in [0.05, 0.1) is 23.6 Å². The molecule has 0 atom stereocenters. The molecule has 0 aromatic heterocycles. The Labute approximate surface area is 221 Å². The fraction of sp³-hybridized carbons (Fsp3) is 0.259. The summed E-state index contributed by atoms with van der Waals surface area (Å²) in [4.78, 5) is 27.7. The number of carbonyl (C=O) groups excluding carboxylic acids is 2. The van der Waals surface area contributed by atoms with Crippen molar-refractivity contribution in [2.45, 2.75) is 24.3 Å². The lowest BCUT2D eigenvalue weighted by Crippen LogP contribution is -2.43. The van der Waals surface area contributed by atoms with E-state index >= 15 is 0 Å². The molecule has 0 unspecified atom stereocenters. The quantitative estimate of drug-likeness (QED) is 0.323. The number of likely N-dealkylation sites (tertiary alicyclic amines) is 1. The molecule has 10 nitrogen and oxygen atoms in total. The summed E-state index contributed by atoms with van der Waals surface area (Å²) in [6.07, 6.45) is 2.43. The van der Waals surface area contributed by atoms with Gasteiger partial charge in [0.1, 0.15) is 4.90 Å². The van der Waals surface area contributed by atoms with Crippen LogP contribution < -0.4 is 21.7 Å². The predicted octanol–water partition coefficient (Wildman–Crippen LogP) is 3.77. The molecule has 11 heteroatoms. The molecule has 1 saturated heterocycles. The highest BCUT2D eigenvalue weighted by molar-refractivity contribution is 7.90. The van der Waals surface area contributed by atoms with Crippen LogP contribution in [0, 0.1) is 0 Å². The van der Waals surface area contributed by atoms with Gasteiger partial charge in [-0.3, -0.25) is 4.79 Å². The molecule has 198 valence electrons. The van der Waals surface area contributed by atoms with Gasteiger partial charge in [-0.05, 0) is 74.0 Å². The van der Waals surface area contributed by atoms with E-state index in [0.717, 1.165) is 23.9 Å². The second-order valence-electron chi connectivity index (χ2n) is 9.37. The molecular formula is C27H30N6O4S. The van der Waals surface area contributed by atoms with Crippen LogP contribution in [0.25, 0.3) is 0 Å². The summed E-state index contributed by atoms with van der Waals surface area (Å²) >= 11 is 0. The van der Waals surface area contributed by atoms with Crippen LogP contribution in [0.2, 0.25) is 0 Å². The molecule has 1 fully saturated rings. The number of carbonyl (C=O) groups is 2. The lowest BCUT2D eigenvalue weighted by Gasteiger charge is -2.29. The summed E-state index contributed by atoms with van der Waals surface area (Å²) in [6.45, 7) is 3.60. The van der Waals surface area contributed by atoms with Gasteiger partial charge < -0.3 is 26.6 Å². The van der Waals surface area contributed by atoms with Crippen molar-refractivity contribution in [1.29, 1.82) is 0 Å². The summed E-state index contributed by atoms with van der Waals surface area (Å²) in [6, 6.07) is 17.5. The first-order valence-electron chi connectivity index (χ1n) is 12.5. The van der Waals surface area contributed by atoms with E-state index in [4.69, 9.17) is 5.73 Å². The summed E-state index contributed by atoms with van der Waals surface area (Å²) in [7, 11) is -4.09. The maximum absolute atomic E-state index is 13.4. The number of benzene rings is 3. The van der Waals surface area contributed by atoms with E-state index in [0.29, 0.717) is 34.7 Å². The molecule has 3 aromatic carbocycles. The molecule has 0 radical (unpaired) electrons. The molecule has 0 bridgehead atoms. The van der Waals surface area contributed by atoms with Crippen LogP contribution in [0.3, 0.4) is 0 Å². The Bertz CT molecular complexity index is 1450. The van der Waals surface area contributed by atoms with E-state index in [1.807, 2.05) is 0 Å². The van der Waals surface area contributed by atoms with Gasteiger partial charge in [0.2, 0.25) is 0 Å². The van der Waals surface area contributed by atoms with Crippen LogP contribution in [-0.2, 0) is 16.6 Å². The van der Waals surface area contributed by atoms with E-state index in [1.165, 1.54) is 12.8 Å². The highest BCUT2D eigenvalue weighted by Crippen LogP contribution is 2.33. The molecule has 5 N–H and O–H groups in total. The van der Waals surface area contributed by atoms with Crippen LogP contribution in [0.5, 0.6) is 0 Å². The van der Waals surface area contributed by atoms with Gasteiger partial charge in [-0.1, -0.05) is 24.3 Å². The van der Waals surface area contributed by atoms with Crippen molar-refractivity contribution in [1.82, 2.24) is 9.21 Å². The zero-order valence-corrected chi connectivity index (χ0v) is 21.6. The highest BCUT2D eigenvalue weighted by atomic mass is 32.2. The number of amides is 3. The minimum absolute atomic E-state index is 0.0414. The third kappa shape index (κ3) is 5.43. The number of sulfonamides is 1. The van der Waals surface area contributed by atoms with Crippen molar-refractivity contribution in [2.24, 2.45) is 0 Å². The highest BCUT2D eigenvalue weighted by Gasteiger charge is 2.37. The van der Waals surface area contributed by atoms with E-state index in [-0.39, 0.29) is 23.0 Å². The first-order valence-corrected chi connectivity index (χ1v) is 13.9. The second-order valence-corrected chi connectivity index (χ2v) is 11.2. The molecule has 0 spiro atoms. The molecule has 0 aliphatic carbocycles. The number of hydrogen-bond donors (Lipinski definition) is 4. The van der Waals surface area contributed by atoms with Gasteiger partial charge in [-0.25, -0.2) is 17.5 Å². The zero-order valence-electron chi connectivity index (χ0n) is 20.8. The number of nitrogen functional groups attached to an aromatic ring is 1. The number of nitrogens with two attached hydrogens (primary N) is 1. The van der Waals surface area contributed by atoms with Gasteiger partial charge in [0.15, 0.2) is 0 Å². The molecule has 3 aromatic rings. The van der Waals surface area contributed by atoms with Crippen LogP contribution >= 0.6 is 0 Å². The van der Waals surface area contributed by atoms with Gasteiger partial charge in [-0.2, -0.15) is 0 Å². The summed E-state index contributed by atoms with van der Waals surface area (Å²) in [5.41, 5.74) is 8.70. The van der Waals surface area contributed by atoms with Crippen LogP contribution in [-0.4, -0.2) is 55.7 Å². The number of hydrogen-bond acceptors (Lipinski definition) is 7. The van der Waals surface area contributed by atoms with E-state index in [9.17, 15) is 18.0 Å². The van der Waals surface area contributed by atoms with Crippen molar-refractivity contribution in [3.8, 4) is 0 Å². The lowest BCUT2D eigenvalue weighted by molar-refractivity contribution is 0.102. The number of rotatable bonds is 8. The SMILES string of the molecule is Nc1ccccc1NC(=O)c1ccc(CN2C(=O)Nc3ccc(NCCN4CCCC4)cc3S2(=O)=O)cc1. The molecule has 2 heterocycles. The normalized spacial score (nSPS) is 16.5. The zero-order chi connectivity index (χ0) is 26.7. The van der Waals surface area contributed by atoms with Crippen LogP contribution in [0.1, 0.15) is 28.8 Å². The summed E-state index contributed by atoms with van der Waals surface area (Å²) in [5, 5.41) is 8.71. The fourth-order valence-corrected chi connectivity index (χ4v) is 6.10. The molecule has 2 aliphatic rings. The number of fused-ring (bicyclic) bond motifs is 1. The van der Waals surface area contributed by atoms with Crippen molar-refractivity contribution < 1.29 is 18.0 Å². The summed E-state index contributed by atoms with van der Waals surface area (Å²) in [5.74, 6) is -0.350. The lowest BCUT2D eigenvalue weighted by atomic mass is 10.1. The van der Waals surface area contributed by atoms with Crippen molar-refractivity contribution in [3.05, 3.63) is 77.9 Å². The molecule has 0 saturated carbocycles. The Morgan fingerprint density at radius 3 is 2.47 bits per heavy atom. The molecule has 5 rings (SSSR count). The van der Waals surface area contributed by atoms with Crippen molar-refractivity contribution in [3.63, 3.8) is 0 Å². The van der Waals surface area contributed by atoms with Crippen molar-refractivity contribution in [2.75, 3.05) is 47.9 Å². The average molecular weight is 535 g/mol. The van der Waals surface area contributed by atoms with Gasteiger partial charge in [0, 0.05) is 24.3 Å². The Morgan fingerprint density at radius 2 is 1.74 bits per heavy atom. The van der Waals surface area contributed by atoms with Gasteiger partial charge in [-0.15, -0.1) is 0 Å². The number of nitrogens with zero attached hydrogens (tertiary/aromatic N) is 2. The Hall–Kier alpha value is -4.09. The standard InChI is InChI=1S/C27H30N6O4S/c28-22-5-1-2-6-23(22)30-26(34)20-9-7-19(8-10-20)18-33-27(35)31-24-12-11-21(17-25(24)38(33,36)37)29-13-16-32-14-3-4-15-32/h1-2,5-12,17,29H,3-4,13-16,18,28H2,(H,30,34)(H,31,35). The largest absolute Gasteiger partial charge is 0.397 e. The third-order valence-electron chi connectivity index (χ3n) is 6.72. The molecule has 3 amide bonds. The van der Waals surface area contributed by atoms with E-state index < -0.39 is 16.1 Å². The van der Waals surface area contributed by atoms with Gasteiger partial charge >= 0.3 is 6.03 Å². The van der Waals surface area contributed by atoms with E-state index in [2.05, 4.69) is 20.9 Å². The number of para-hydroxylation sites is 2. The van der Waals surface area contributed by atoms with Crippen molar-refractivity contribution >= 4 is 44.7 Å². The summed E-state index contributed by atoms with van der Waals surface area (Å²) < 4.78 is 27.6. The number of urea groups is 1. The Kier molecular flexibility index (Phi) is 7.21. The second kappa shape index (κ2) is 10.7. The Balaban J connectivity index is 1.27. The topological polar surface area (TPSA) is 137 Å². The molecule has 2 aliphatic heterocycles. The van der Waals surface area contributed by atoms with Crippen LogP contribution in [0.4, 0.5) is 27.5 Å².